The third-order valence-corrected chi connectivity index (χ3v) is 7.50. The largest absolute Gasteiger partial charge is 0.472 e. The van der Waals surface area contributed by atoms with E-state index in [2.05, 4.69) is 15.5 Å². The average Bonchev–Trinajstić information content (AvgIpc) is 3.60. The van der Waals surface area contributed by atoms with Gasteiger partial charge in [-0.25, -0.2) is 4.98 Å². The minimum atomic E-state index is -0.576. The van der Waals surface area contributed by atoms with Crippen molar-refractivity contribution in [3.63, 3.8) is 0 Å². The molecule has 4 heterocycles. The number of nitrogens with zero attached hydrogens (tertiary/aromatic N) is 2. The number of aromatic amines is 1. The molecule has 0 fully saturated rings. The summed E-state index contributed by atoms with van der Waals surface area (Å²) in [5.41, 5.74) is 6.36. The molecule has 0 unspecified atom stereocenters. The first-order chi connectivity index (χ1) is 19.2. The molecule has 0 bridgehead atoms. The number of amides is 1. The standard InChI is InChI=1S/C31H26Cl2N4O3/c1-17-12-26(37-36-17)29(38)34-27-15-31(2,3)40-30-24(27)14-23(18-4-7-21(32)8-5-18)28(35-30)22-9-6-19(13-25(22)33)20-10-11-39-16-20/h4-14,16,27H,15H2,1-3H3,(H,34,38)(H,36,37)/t27-/m1/s1. The number of carbonyl (C=O) groups excluding carboxylic acids is 1. The van der Waals surface area contributed by atoms with Gasteiger partial charge in [0.15, 0.2) is 0 Å². The molecule has 0 saturated carbocycles. The van der Waals surface area contributed by atoms with Gasteiger partial charge in [0, 0.05) is 39.4 Å². The highest BCUT2D eigenvalue weighted by Crippen LogP contribution is 2.45. The van der Waals surface area contributed by atoms with Crippen LogP contribution in [0.25, 0.3) is 33.5 Å². The Labute approximate surface area is 241 Å². The zero-order chi connectivity index (χ0) is 28.0. The number of nitrogens with one attached hydrogen (secondary N) is 2. The molecule has 3 aromatic heterocycles. The van der Waals surface area contributed by atoms with Crippen LogP contribution in [0.5, 0.6) is 5.88 Å². The van der Waals surface area contributed by atoms with Crippen LogP contribution in [0, 0.1) is 6.92 Å². The molecule has 0 aliphatic carbocycles. The molecule has 0 saturated heterocycles. The van der Waals surface area contributed by atoms with Crippen molar-refractivity contribution in [1.29, 1.82) is 0 Å². The van der Waals surface area contributed by atoms with Gasteiger partial charge < -0.3 is 14.5 Å². The Morgan fingerprint density at radius 1 is 1.00 bits per heavy atom. The molecule has 1 aliphatic heterocycles. The molecule has 1 aliphatic rings. The number of halogens is 2. The molecule has 0 spiro atoms. The third kappa shape index (κ3) is 5.10. The molecule has 1 atom stereocenters. The van der Waals surface area contributed by atoms with Gasteiger partial charge in [-0.1, -0.05) is 47.5 Å². The number of ether oxygens (including phenoxy) is 1. The molecule has 2 N–H and O–H groups in total. The summed E-state index contributed by atoms with van der Waals surface area (Å²) < 4.78 is 11.6. The number of hydrogen-bond acceptors (Lipinski definition) is 5. The summed E-state index contributed by atoms with van der Waals surface area (Å²) in [6.07, 6.45) is 3.86. The van der Waals surface area contributed by atoms with Crippen molar-refractivity contribution < 1.29 is 13.9 Å². The molecule has 7 nitrogen and oxygen atoms in total. The number of pyridine rings is 1. The molecule has 40 heavy (non-hydrogen) atoms. The molecule has 9 heteroatoms. The van der Waals surface area contributed by atoms with Crippen LogP contribution in [0.4, 0.5) is 0 Å². The van der Waals surface area contributed by atoms with Gasteiger partial charge in [-0.3, -0.25) is 9.89 Å². The van der Waals surface area contributed by atoms with E-state index in [9.17, 15) is 4.79 Å². The summed E-state index contributed by atoms with van der Waals surface area (Å²) in [7, 11) is 0. The van der Waals surface area contributed by atoms with E-state index in [1.54, 1.807) is 18.6 Å². The van der Waals surface area contributed by atoms with Crippen molar-refractivity contribution in [2.45, 2.75) is 38.8 Å². The molecule has 2 aromatic carbocycles. The smallest absolute Gasteiger partial charge is 0.272 e. The molecule has 1 amide bonds. The minimum Gasteiger partial charge on any atom is -0.472 e. The van der Waals surface area contributed by atoms with Crippen molar-refractivity contribution in [2.24, 2.45) is 0 Å². The Morgan fingerprint density at radius 2 is 1.77 bits per heavy atom. The predicted octanol–water partition coefficient (Wildman–Crippen LogP) is 8.05. The number of aryl methyl sites for hydroxylation is 1. The van der Waals surface area contributed by atoms with E-state index in [4.69, 9.17) is 37.3 Å². The highest BCUT2D eigenvalue weighted by atomic mass is 35.5. The Bertz CT molecular complexity index is 1710. The molecular formula is C31H26Cl2N4O3. The normalized spacial score (nSPS) is 15.8. The summed E-state index contributed by atoms with van der Waals surface area (Å²) in [6.45, 7) is 5.82. The lowest BCUT2D eigenvalue weighted by Gasteiger charge is -2.37. The maximum Gasteiger partial charge on any atom is 0.272 e. The Morgan fingerprint density at radius 3 is 2.45 bits per heavy atom. The maximum absolute atomic E-state index is 13.1. The van der Waals surface area contributed by atoms with E-state index < -0.39 is 5.60 Å². The van der Waals surface area contributed by atoms with Crippen LogP contribution < -0.4 is 10.1 Å². The van der Waals surface area contributed by atoms with E-state index in [1.807, 2.05) is 75.4 Å². The second-order valence-corrected chi connectivity index (χ2v) is 11.4. The lowest BCUT2D eigenvalue weighted by atomic mass is 9.88. The van der Waals surface area contributed by atoms with Gasteiger partial charge in [0.2, 0.25) is 5.88 Å². The fourth-order valence-corrected chi connectivity index (χ4v) is 5.41. The van der Waals surface area contributed by atoms with E-state index in [1.165, 1.54) is 0 Å². The molecule has 5 aromatic rings. The lowest BCUT2D eigenvalue weighted by Crippen LogP contribution is -2.41. The van der Waals surface area contributed by atoms with Crippen LogP contribution in [-0.4, -0.2) is 26.7 Å². The van der Waals surface area contributed by atoms with Crippen molar-refractivity contribution in [1.82, 2.24) is 20.5 Å². The van der Waals surface area contributed by atoms with Crippen LogP contribution in [0.2, 0.25) is 10.0 Å². The van der Waals surface area contributed by atoms with E-state index in [0.29, 0.717) is 33.7 Å². The topological polar surface area (TPSA) is 93.0 Å². The molecule has 0 radical (unpaired) electrons. The molecular weight excluding hydrogens is 547 g/mol. The zero-order valence-electron chi connectivity index (χ0n) is 22.1. The summed E-state index contributed by atoms with van der Waals surface area (Å²) in [6, 6.07) is 18.7. The van der Waals surface area contributed by atoms with Crippen LogP contribution in [0.15, 0.2) is 77.6 Å². The summed E-state index contributed by atoms with van der Waals surface area (Å²) in [5.74, 6) is 0.176. The Balaban J connectivity index is 1.49. The highest BCUT2D eigenvalue weighted by Gasteiger charge is 2.37. The van der Waals surface area contributed by atoms with E-state index in [-0.39, 0.29) is 11.9 Å². The fourth-order valence-electron chi connectivity index (χ4n) is 5.01. The Kier molecular flexibility index (Phi) is 6.64. The molecule has 202 valence electrons. The number of furan rings is 1. The Hall–Kier alpha value is -4.07. The first-order valence-electron chi connectivity index (χ1n) is 12.8. The van der Waals surface area contributed by atoms with Crippen molar-refractivity contribution in [2.75, 3.05) is 0 Å². The number of aromatic nitrogens is 3. The number of hydrogen-bond donors (Lipinski definition) is 2. The van der Waals surface area contributed by atoms with Crippen LogP contribution in [-0.2, 0) is 0 Å². The van der Waals surface area contributed by atoms with Crippen molar-refractivity contribution in [3.8, 4) is 39.4 Å². The van der Waals surface area contributed by atoms with Crippen LogP contribution in [0.3, 0.4) is 0 Å². The van der Waals surface area contributed by atoms with E-state index >= 15 is 0 Å². The van der Waals surface area contributed by atoms with Gasteiger partial charge in [-0.15, -0.1) is 0 Å². The highest BCUT2D eigenvalue weighted by molar-refractivity contribution is 6.33. The first-order valence-corrected chi connectivity index (χ1v) is 13.6. The van der Waals surface area contributed by atoms with Gasteiger partial charge >= 0.3 is 0 Å². The fraction of sp³-hybridized carbons (Fsp3) is 0.194. The average molecular weight is 573 g/mol. The monoisotopic (exact) mass is 572 g/mol. The number of rotatable bonds is 5. The maximum atomic E-state index is 13.1. The second-order valence-electron chi connectivity index (χ2n) is 10.5. The summed E-state index contributed by atoms with van der Waals surface area (Å²) >= 11 is 13.1. The second kappa shape index (κ2) is 10.2. The van der Waals surface area contributed by atoms with Gasteiger partial charge in [0.05, 0.1) is 29.3 Å². The van der Waals surface area contributed by atoms with Gasteiger partial charge in [0.25, 0.3) is 5.91 Å². The van der Waals surface area contributed by atoms with Crippen molar-refractivity contribution >= 4 is 29.1 Å². The quantitative estimate of drug-likeness (QED) is 0.222. The number of fused-ring (bicyclic) bond motifs is 1. The van der Waals surface area contributed by atoms with Crippen molar-refractivity contribution in [3.05, 3.63) is 100 Å². The van der Waals surface area contributed by atoms with Gasteiger partial charge in [0.1, 0.15) is 11.3 Å². The van der Waals surface area contributed by atoms with Gasteiger partial charge in [-0.2, -0.15) is 5.10 Å². The van der Waals surface area contributed by atoms with E-state index in [0.717, 1.165) is 39.1 Å². The summed E-state index contributed by atoms with van der Waals surface area (Å²) in [5, 5.41) is 11.3. The minimum absolute atomic E-state index is 0.270. The lowest BCUT2D eigenvalue weighted by molar-refractivity contribution is 0.0571. The third-order valence-electron chi connectivity index (χ3n) is 6.94. The SMILES string of the molecule is Cc1cc(C(=O)N[C@@H]2CC(C)(C)Oc3nc(-c4ccc(-c5ccoc5)cc4Cl)c(-c4ccc(Cl)cc4)cc32)n[nH]1. The summed E-state index contributed by atoms with van der Waals surface area (Å²) in [4.78, 5) is 18.1. The first kappa shape index (κ1) is 26.2. The number of benzene rings is 2. The van der Waals surface area contributed by atoms with Crippen LogP contribution in [0.1, 0.15) is 48.1 Å². The predicted molar refractivity (Wildman–Crippen MR) is 156 cm³/mol. The molecule has 6 rings (SSSR count). The number of carbonyl (C=O) groups is 1. The number of H-pyrrole nitrogens is 1. The van der Waals surface area contributed by atoms with Crippen LogP contribution >= 0.6 is 23.2 Å². The van der Waals surface area contributed by atoms with Gasteiger partial charge in [-0.05, 0) is 68.3 Å². The zero-order valence-corrected chi connectivity index (χ0v) is 23.6.